The molecule has 0 saturated carbocycles. The second-order valence-electron chi connectivity index (χ2n) is 8.89. The molecule has 3 heterocycles. The molecule has 0 spiro atoms. The molecule has 1 aromatic carbocycles. The van der Waals surface area contributed by atoms with Crippen molar-refractivity contribution in [2.24, 2.45) is 0 Å². The van der Waals surface area contributed by atoms with Gasteiger partial charge in [0.2, 0.25) is 9.84 Å². The zero-order valence-corrected chi connectivity index (χ0v) is 19.1. The van der Waals surface area contributed by atoms with Gasteiger partial charge in [0.1, 0.15) is 10.5 Å². The summed E-state index contributed by atoms with van der Waals surface area (Å²) in [6, 6.07) is 9.49. The number of hydrogen-bond acceptors (Lipinski definition) is 6. The lowest BCUT2D eigenvalue weighted by atomic mass is 9.93. The van der Waals surface area contributed by atoms with E-state index in [-0.39, 0.29) is 27.4 Å². The van der Waals surface area contributed by atoms with Crippen LogP contribution in [0, 0.1) is 0 Å². The number of carbonyl (C=O) groups excluding carboxylic acids is 1. The lowest BCUT2D eigenvalue weighted by Gasteiger charge is -2.33. The van der Waals surface area contributed by atoms with E-state index in [0.717, 1.165) is 0 Å². The van der Waals surface area contributed by atoms with Crippen LogP contribution in [0.4, 0.5) is 4.79 Å². The molecule has 1 saturated heterocycles. The van der Waals surface area contributed by atoms with Gasteiger partial charge in [-0.2, -0.15) is 5.10 Å². The fourth-order valence-electron chi connectivity index (χ4n) is 3.89. The Morgan fingerprint density at radius 2 is 1.81 bits per heavy atom. The number of ether oxygens (including phenoxy) is 1. The van der Waals surface area contributed by atoms with Crippen LogP contribution in [0.25, 0.3) is 5.65 Å². The molecule has 0 atom stereocenters. The highest BCUT2D eigenvalue weighted by Crippen LogP contribution is 2.30. The number of rotatable bonds is 3. The van der Waals surface area contributed by atoms with Crippen molar-refractivity contribution < 1.29 is 17.9 Å². The van der Waals surface area contributed by atoms with Crippen molar-refractivity contribution in [2.45, 2.75) is 54.9 Å². The molecule has 0 radical (unpaired) electrons. The van der Waals surface area contributed by atoms with Crippen LogP contribution in [0.1, 0.15) is 45.2 Å². The number of aromatic nitrogens is 3. The third kappa shape index (κ3) is 4.27. The lowest BCUT2D eigenvalue weighted by Crippen LogP contribution is -2.41. The maximum absolute atomic E-state index is 13.1. The summed E-state index contributed by atoms with van der Waals surface area (Å²) in [4.78, 5) is 29.1. The van der Waals surface area contributed by atoms with Crippen LogP contribution in [-0.4, -0.2) is 52.7 Å². The summed E-state index contributed by atoms with van der Waals surface area (Å²) in [5.41, 5.74) is -0.192. The van der Waals surface area contributed by atoms with E-state index in [1.54, 1.807) is 23.1 Å². The van der Waals surface area contributed by atoms with Gasteiger partial charge in [-0.05, 0) is 45.7 Å². The van der Waals surface area contributed by atoms with Gasteiger partial charge < -0.3 is 14.6 Å². The smallest absolute Gasteiger partial charge is 0.410 e. The molecule has 0 bridgehead atoms. The number of aromatic amines is 1. The Morgan fingerprint density at radius 1 is 1.16 bits per heavy atom. The van der Waals surface area contributed by atoms with Gasteiger partial charge in [0.25, 0.3) is 5.56 Å². The zero-order chi connectivity index (χ0) is 23.1. The Morgan fingerprint density at radius 3 is 2.44 bits per heavy atom. The van der Waals surface area contributed by atoms with Crippen LogP contribution in [0.2, 0.25) is 0 Å². The average Bonchev–Trinajstić information content (AvgIpc) is 3.17. The molecule has 170 valence electrons. The predicted octanol–water partition coefficient (Wildman–Crippen LogP) is 2.97. The first-order valence-corrected chi connectivity index (χ1v) is 11.9. The molecule has 10 heteroatoms. The molecule has 4 rings (SSSR count). The minimum atomic E-state index is -3.85. The molecule has 1 aliphatic heterocycles. The second kappa shape index (κ2) is 8.09. The summed E-state index contributed by atoms with van der Waals surface area (Å²) in [6.07, 6.45) is 2.13. The molecule has 0 aliphatic carbocycles. The molecule has 32 heavy (non-hydrogen) atoms. The van der Waals surface area contributed by atoms with Crippen LogP contribution >= 0.6 is 0 Å². The molecule has 3 aromatic rings. The fourth-order valence-corrected chi connectivity index (χ4v) is 5.24. The number of piperidine rings is 1. The van der Waals surface area contributed by atoms with Crippen molar-refractivity contribution in [1.82, 2.24) is 19.5 Å². The number of nitrogens with one attached hydrogen (secondary N) is 1. The lowest BCUT2D eigenvalue weighted by molar-refractivity contribution is 0.0203. The normalized spacial score (nSPS) is 15.8. The summed E-state index contributed by atoms with van der Waals surface area (Å²) in [5, 5.41) is 4.29. The van der Waals surface area contributed by atoms with Crippen molar-refractivity contribution in [3.63, 3.8) is 0 Å². The third-order valence-corrected chi connectivity index (χ3v) is 7.18. The second-order valence-corrected chi connectivity index (χ2v) is 10.8. The Bertz CT molecular complexity index is 1300. The Balaban J connectivity index is 1.63. The predicted molar refractivity (Wildman–Crippen MR) is 117 cm³/mol. The van der Waals surface area contributed by atoms with Gasteiger partial charge in [-0.25, -0.2) is 17.7 Å². The summed E-state index contributed by atoms with van der Waals surface area (Å²) in [6.45, 7) is 6.42. The number of H-pyrrole nitrogens is 1. The Labute approximate surface area is 185 Å². The van der Waals surface area contributed by atoms with Gasteiger partial charge >= 0.3 is 6.09 Å². The van der Waals surface area contributed by atoms with E-state index in [1.807, 2.05) is 20.8 Å². The van der Waals surface area contributed by atoms with Gasteiger partial charge in [-0.3, -0.25) is 4.79 Å². The van der Waals surface area contributed by atoms with E-state index in [4.69, 9.17) is 4.74 Å². The van der Waals surface area contributed by atoms with Crippen LogP contribution in [0.3, 0.4) is 0 Å². The molecule has 1 fully saturated rings. The maximum atomic E-state index is 13.1. The molecule has 1 aliphatic rings. The molecular formula is C22H26N4O5S. The van der Waals surface area contributed by atoms with Crippen molar-refractivity contribution in [2.75, 3.05) is 13.1 Å². The summed E-state index contributed by atoms with van der Waals surface area (Å²) >= 11 is 0. The first-order valence-electron chi connectivity index (χ1n) is 10.5. The molecule has 0 unspecified atom stereocenters. The standard InChI is InChI=1S/C22H26N4O5S/c1-22(2,3)31-21(28)25-11-9-15(10-12-25)17-13-19(27)24-20-18(14-23-26(17)20)32(29,30)16-7-5-4-6-8-16/h4-8,13-15H,9-12H2,1-3H3,(H,24,27). The highest BCUT2D eigenvalue weighted by Gasteiger charge is 2.30. The topological polar surface area (TPSA) is 114 Å². The highest BCUT2D eigenvalue weighted by molar-refractivity contribution is 7.91. The van der Waals surface area contributed by atoms with Crippen LogP contribution < -0.4 is 5.56 Å². The van der Waals surface area contributed by atoms with Crippen molar-refractivity contribution in [1.29, 1.82) is 0 Å². The number of hydrogen-bond donors (Lipinski definition) is 1. The first kappa shape index (κ1) is 22.1. The molecular weight excluding hydrogens is 432 g/mol. The quantitative estimate of drug-likeness (QED) is 0.645. The van der Waals surface area contributed by atoms with E-state index in [0.29, 0.717) is 31.6 Å². The number of carbonyl (C=O) groups is 1. The molecule has 1 amide bonds. The Kier molecular flexibility index (Phi) is 5.58. The van der Waals surface area contributed by atoms with Gasteiger partial charge in [0.05, 0.1) is 16.8 Å². The minimum Gasteiger partial charge on any atom is -0.444 e. The van der Waals surface area contributed by atoms with Gasteiger partial charge in [-0.15, -0.1) is 0 Å². The highest BCUT2D eigenvalue weighted by atomic mass is 32.2. The number of fused-ring (bicyclic) bond motifs is 1. The van der Waals surface area contributed by atoms with Crippen molar-refractivity contribution in [3.8, 4) is 0 Å². The number of benzene rings is 1. The molecule has 2 aromatic heterocycles. The van der Waals surface area contributed by atoms with Crippen molar-refractivity contribution >= 4 is 21.6 Å². The first-order chi connectivity index (χ1) is 15.1. The van der Waals surface area contributed by atoms with E-state index in [2.05, 4.69) is 10.1 Å². The summed E-state index contributed by atoms with van der Waals surface area (Å²) in [7, 11) is -3.85. The van der Waals surface area contributed by atoms with E-state index in [1.165, 1.54) is 28.9 Å². The molecule has 1 N–H and O–H groups in total. The summed E-state index contributed by atoms with van der Waals surface area (Å²) < 4.78 is 33.1. The average molecular weight is 459 g/mol. The van der Waals surface area contributed by atoms with Gasteiger partial charge in [0.15, 0.2) is 5.65 Å². The van der Waals surface area contributed by atoms with Crippen LogP contribution in [0.15, 0.2) is 57.2 Å². The SMILES string of the molecule is CC(C)(C)OC(=O)N1CCC(c2cc(=O)[nH]c3c(S(=O)(=O)c4ccccc4)cnn23)CC1. The number of sulfone groups is 1. The van der Waals surface area contributed by atoms with Gasteiger partial charge in [-0.1, -0.05) is 18.2 Å². The minimum absolute atomic E-state index is 0.0474. The van der Waals surface area contributed by atoms with Crippen molar-refractivity contribution in [3.05, 3.63) is 58.6 Å². The number of likely N-dealkylation sites (tertiary alicyclic amines) is 1. The van der Waals surface area contributed by atoms with E-state index in [9.17, 15) is 18.0 Å². The van der Waals surface area contributed by atoms with E-state index < -0.39 is 21.0 Å². The van der Waals surface area contributed by atoms with Gasteiger partial charge in [0, 0.05) is 25.1 Å². The Hall–Kier alpha value is -3.14. The zero-order valence-electron chi connectivity index (χ0n) is 18.2. The number of nitrogens with zero attached hydrogens (tertiary/aromatic N) is 3. The van der Waals surface area contributed by atoms with E-state index >= 15 is 0 Å². The largest absolute Gasteiger partial charge is 0.444 e. The van der Waals surface area contributed by atoms with Crippen LogP contribution in [0.5, 0.6) is 0 Å². The maximum Gasteiger partial charge on any atom is 0.410 e. The monoisotopic (exact) mass is 458 g/mol. The number of amides is 1. The molecule has 9 nitrogen and oxygen atoms in total. The van der Waals surface area contributed by atoms with Crippen LogP contribution in [-0.2, 0) is 14.6 Å². The third-order valence-electron chi connectivity index (χ3n) is 5.41. The fraction of sp³-hybridized carbons (Fsp3) is 0.409. The summed E-state index contributed by atoms with van der Waals surface area (Å²) in [5.74, 6) is -0.0503.